The van der Waals surface area contributed by atoms with Crippen molar-refractivity contribution in [2.24, 2.45) is 0 Å². The fraction of sp³-hybridized carbons (Fsp3) is 0.462. The molecular formula is C26H31NO5. The molecule has 0 aliphatic carbocycles. The first-order valence-electron chi connectivity index (χ1n) is 11.1. The molecule has 170 valence electrons. The van der Waals surface area contributed by atoms with Crippen LogP contribution in [0.4, 0.5) is 0 Å². The molecule has 0 spiro atoms. The Morgan fingerprint density at radius 3 is 2.41 bits per heavy atom. The van der Waals surface area contributed by atoms with Gasteiger partial charge < -0.3 is 9.47 Å². The first-order valence-corrected chi connectivity index (χ1v) is 11.1. The van der Waals surface area contributed by atoms with Crippen LogP contribution in [0.15, 0.2) is 42.5 Å². The van der Waals surface area contributed by atoms with Crippen molar-refractivity contribution in [2.45, 2.75) is 70.6 Å². The van der Waals surface area contributed by atoms with Crippen molar-refractivity contribution in [3.8, 4) is 11.5 Å². The van der Waals surface area contributed by atoms with Crippen LogP contribution < -0.4 is 4.74 Å². The number of carbonyl (C=O) groups excluding carboxylic acids is 2. The zero-order valence-electron chi connectivity index (χ0n) is 19.4. The van der Waals surface area contributed by atoms with Crippen molar-refractivity contribution in [2.75, 3.05) is 7.11 Å². The highest BCUT2D eigenvalue weighted by molar-refractivity contribution is 6.01. The molecular weight excluding hydrogens is 406 g/mol. The van der Waals surface area contributed by atoms with Crippen molar-refractivity contribution in [1.29, 1.82) is 0 Å². The fourth-order valence-corrected chi connectivity index (χ4v) is 4.87. The molecule has 2 heterocycles. The van der Waals surface area contributed by atoms with Crippen LogP contribution in [0, 0.1) is 0 Å². The summed E-state index contributed by atoms with van der Waals surface area (Å²) in [6.07, 6.45) is 2.26. The molecule has 2 aliphatic rings. The zero-order valence-corrected chi connectivity index (χ0v) is 19.4. The molecule has 1 saturated heterocycles. The molecule has 2 aromatic rings. The van der Waals surface area contributed by atoms with E-state index in [2.05, 4.69) is 27.7 Å². The first kappa shape index (κ1) is 22.5. The molecule has 0 bridgehead atoms. The first-order chi connectivity index (χ1) is 15.1. The van der Waals surface area contributed by atoms with Crippen LogP contribution >= 0.6 is 0 Å². The second-order valence-electron chi connectivity index (χ2n) is 9.85. The van der Waals surface area contributed by atoms with Crippen molar-refractivity contribution < 1.29 is 23.9 Å². The maximum Gasteiger partial charge on any atom is 0.341 e. The highest BCUT2D eigenvalue weighted by Gasteiger charge is 2.45. The summed E-state index contributed by atoms with van der Waals surface area (Å²) < 4.78 is 11.1. The van der Waals surface area contributed by atoms with E-state index in [1.807, 2.05) is 29.3 Å². The van der Waals surface area contributed by atoms with Crippen LogP contribution in [-0.2, 0) is 20.8 Å². The van der Waals surface area contributed by atoms with Crippen LogP contribution in [-0.4, -0.2) is 35.0 Å². The second-order valence-corrected chi connectivity index (χ2v) is 9.85. The van der Waals surface area contributed by atoms with Crippen molar-refractivity contribution >= 4 is 11.8 Å². The minimum absolute atomic E-state index is 0.0611. The lowest BCUT2D eigenvalue weighted by Crippen LogP contribution is -2.58. The number of hydrogen-bond donors (Lipinski definition) is 0. The van der Waals surface area contributed by atoms with Gasteiger partial charge >= 0.3 is 5.97 Å². The van der Waals surface area contributed by atoms with E-state index in [9.17, 15) is 9.59 Å². The molecule has 0 N–H and O–H groups in total. The average Bonchev–Trinajstić information content (AvgIpc) is 2.88. The standard InChI is InChI=1S/C26H31NO5/c1-25(2)13-8-14-26(3,4)27(25)32-23(24(29)30-5)18-11-12-22-19(15-18)20(28)16-17-9-6-7-10-21(17)31-22/h6-7,9-12,15,23H,8,13-14,16H2,1-5H3. The van der Waals surface area contributed by atoms with Crippen molar-refractivity contribution in [3.63, 3.8) is 0 Å². The Labute approximate surface area is 189 Å². The highest BCUT2D eigenvalue weighted by Crippen LogP contribution is 2.41. The molecule has 2 aromatic carbocycles. The predicted octanol–water partition coefficient (Wildman–Crippen LogP) is 5.41. The average molecular weight is 438 g/mol. The van der Waals surface area contributed by atoms with E-state index in [1.165, 1.54) is 7.11 Å². The Kier molecular flexibility index (Phi) is 5.86. The van der Waals surface area contributed by atoms with Gasteiger partial charge in [-0.1, -0.05) is 24.3 Å². The normalized spacial score (nSPS) is 20.3. The Morgan fingerprint density at radius 2 is 1.72 bits per heavy atom. The third-order valence-corrected chi connectivity index (χ3v) is 6.45. The van der Waals surface area contributed by atoms with Crippen LogP contribution in [0.25, 0.3) is 0 Å². The Morgan fingerprint density at radius 1 is 1.03 bits per heavy atom. The molecule has 0 aromatic heterocycles. The van der Waals surface area contributed by atoms with E-state index in [-0.39, 0.29) is 23.3 Å². The number of methoxy groups -OCH3 is 1. The molecule has 32 heavy (non-hydrogen) atoms. The summed E-state index contributed by atoms with van der Waals surface area (Å²) in [5, 5.41) is 1.94. The summed E-state index contributed by atoms with van der Waals surface area (Å²) in [6, 6.07) is 12.7. The molecule has 2 aliphatic heterocycles. The number of rotatable bonds is 4. The lowest BCUT2D eigenvalue weighted by atomic mass is 9.82. The topological polar surface area (TPSA) is 65.1 Å². The number of hydrogen-bond acceptors (Lipinski definition) is 6. The Balaban J connectivity index is 1.70. The third kappa shape index (κ3) is 4.17. The van der Waals surface area contributed by atoms with Crippen molar-refractivity contribution in [3.05, 3.63) is 59.2 Å². The minimum atomic E-state index is -0.986. The minimum Gasteiger partial charge on any atom is -0.467 e. The van der Waals surface area contributed by atoms with Gasteiger partial charge in [-0.15, -0.1) is 0 Å². The maximum absolute atomic E-state index is 13.0. The van der Waals surface area contributed by atoms with Gasteiger partial charge in [-0.05, 0) is 70.7 Å². The summed E-state index contributed by atoms with van der Waals surface area (Å²) in [4.78, 5) is 32.2. The molecule has 0 amide bonds. The molecule has 1 unspecified atom stereocenters. The molecule has 6 heteroatoms. The number of ketones is 1. The summed E-state index contributed by atoms with van der Waals surface area (Å²) in [5.74, 6) is 0.581. The number of fused-ring (bicyclic) bond motifs is 2. The van der Waals surface area contributed by atoms with Gasteiger partial charge in [0.25, 0.3) is 0 Å². The Bertz CT molecular complexity index is 1030. The van der Waals surface area contributed by atoms with E-state index in [4.69, 9.17) is 14.3 Å². The second kappa shape index (κ2) is 8.34. The van der Waals surface area contributed by atoms with Gasteiger partial charge in [-0.2, -0.15) is 5.06 Å². The van der Waals surface area contributed by atoms with Gasteiger partial charge in [0.05, 0.1) is 12.7 Å². The summed E-state index contributed by atoms with van der Waals surface area (Å²) in [5.41, 5.74) is 1.34. The van der Waals surface area contributed by atoms with E-state index >= 15 is 0 Å². The maximum atomic E-state index is 13.0. The smallest absolute Gasteiger partial charge is 0.341 e. The number of para-hydroxylation sites is 1. The van der Waals surface area contributed by atoms with Gasteiger partial charge in [0.15, 0.2) is 5.78 Å². The number of esters is 1. The van der Waals surface area contributed by atoms with Crippen LogP contribution in [0.5, 0.6) is 11.5 Å². The van der Waals surface area contributed by atoms with Gasteiger partial charge in [0.2, 0.25) is 6.10 Å². The van der Waals surface area contributed by atoms with E-state index in [0.717, 1.165) is 24.8 Å². The number of hydroxylamine groups is 2. The van der Waals surface area contributed by atoms with Crippen molar-refractivity contribution in [1.82, 2.24) is 5.06 Å². The third-order valence-electron chi connectivity index (χ3n) is 6.45. The monoisotopic (exact) mass is 437 g/mol. The van der Waals surface area contributed by atoms with E-state index in [1.54, 1.807) is 18.2 Å². The number of ether oxygens (including phenoxy) is 2. The number of Topliss-reactive ketones (excluding diaryl/α,β-unsaturated/α-hetero) is 1. The van der Waals surface area contributed by atoms with Crippen LogP contribution in [0.2, 0.25) is 0 Å². The molecule has 1 atom stereocenters. The summed E-state index contributed by atoms with van der Waals surface area (Å²) >= 11 is 0. The molecule has 0 saturated carbocycles. The van der Waals surface area contributed by atoms with Gasteiger partial charge in [0.1, 0.15) is 11.5 Å². The van der Waals surface area contributed by atoms with Crippen LogP contribution in [0.3, 0.4) is 0 Å². The van der Waals surface area contributed by atoms with E-state index in [0.29, 0.717) is 22.6 Å². The highest BCUT2D eigenvalue weighted by atomic mass is 16.7. The molecule has 4 rings (SSSR count). The number of carbonyl (C=O) groups is 2. The quantitative estimate of drug-likeness (QED) is 0.596. The summed E-state index contributed by atoms with van der Waals surface area (Å²) in [6.45, 7) is 8.48. The van der Waals surface area contributed by atoms with E-state index < -0.39 is 12.1 Å². The van der Waals surface area contributed by atoms with Crippen LogP contribution in [0.1, 0.15) is 74.5 Å². The fourth-order valence-electron chi connectivity index (χ4n) is 4.87. The molecule has 0 radical (unpaired) electrons. The SMILES string of the molecule is COC(=O)C(ON1C(C)(C)CCCC1(C)C)c1ccc2c(c1)C(=O)Cc1ccccc1O2. The lowest BCUT2D eigenvalue weighted by molar-refractivity contribution is -0.304. The Hall–Kier alpha value is -2.70. The van der Waals surface area contributed by atoms with Gasteiger partial charge in [0, 0.05) is 23.1 Å². The zero-order chi connectivity index (χ0) is 23.1. The largest absolute Gasteiger partial charge is 0.467 e. The summed E-state index contributed by atoms with van der Waals surface area (Å²) in [7, 11) is 1.35. The van der Waals surface area contributed by atoms with Gasteiger partial charge in [-0.25, -0.2) is 4.79 Å². The molecule has 1 fully saturated rings. The van der Waals surface area contributed by atoms with Gasteiger partial charge in [-0.3, -0.25) is 9.63 Å². The lowest BCUT2D eigenvalue weighted by Gasteiger charge is -2.52. The predicted molar refractivity (Wildman–Crippen MR) is 121 cm³/mol. The number of benzene rings is 2. The molecule has 6 nitrogen and oxygen atoms in total. The number of nitrogens with zero attached hydrogens (tertiary/aromatic N) is 1. The number of piperidine rings is 1.